The van der Waals surface area contributed by atoms with Gasteiger partial charge in [-0.15, -0.1) is 0 Å². The molecule has 142 valence electrons. The normalized spacial score (nSPS) is 16.1. The van der Waals surface area contributed by atoms with E-state index in [9.17, 15) is 4.79 Å². The molecule has 27 heavy (non-hydrogen) atoms. The summed E-state index contributed by atoms with van der Waals surface area (Å²) in [6, 6.07) is 12.9. The van der Waals surface area contributed by atoms with Crippen LogP contribution >= 0.6 is 0 Å². The molecule has 0 aromatic heterocycles. The van der Waals surface area contributed by atoms with Crippen LogP contribution in [0.3, 0.4) is 0 Å². The van der Waals surface area contributed by atoms with Gasteiger partial charge in [0.05, 0.1) is 28.4 Å². The zero-order chi connectivity index (χ0) is 19.4. The third kappa shape index (κ3) is 3.69. The van der Waals surface area contributed by atoms with Gasteiger partial charge in [-0.1, -0.05) is 18.2 Å². The Kier molecular flexibility index (Phi) is 5.54. The van der Waals surface area contributed by atoms with Crippen LogP contribution in [0.15, 0.2) is 48.2 Å². The van der Waals surface area contributed by atoms with Crippen LogP contribution < -0.4 is 14.2 Å². The molecule has 0 amide bonds. The molecule has 1 aliphatic rings. The van der Waals surface area contributed by atoms with Gasteiger partial charge in [0, 0.05) is 6.42 Å². The topological polar surface area (TPSA) is 63.2 Å². The first kappa shape index (κ1) is 18.6. The summed E-state index contributed by atoms with van der Waals surface area (Å²) in [5, 5.41) is 0. The van der Waals surface area contributed by atoms with Crippen LogP contribution in [0, 0.1) is 0 Å². The lowest BCUT2D eigenvalue weighted by Gasteiger charge is -2.13. The second-order valence-electron chi connectivity index (χ2n) is 5.96. The Hall–Kier alpha value is -3.15. The van der Waals surface area contributed by atoms with Gasteiger partial charge < -0.3 is 23.7 Å². The van der Waals surface area contributed by atoms with Crippen LogP contribution in [0.5, 0.6) is 17.2 Å². The molecule has 2 aromatic rings. The van der Waals surface area contributed by atoms with Gasteiger partial charge >= 0.3 is 5.97 Å². The fraction of sp³-hybridized carbons (Fsp3) is 0.286. The Labute approximate surface area is 158 Å². The van der Waals surface area contributed by atoms with E-state index in [0.717, 1.165) is 11.3 Å². The van der Waals surface area contributed by atoms with E-state index in [1.807, 2.05) is 24.3 Å². The summed E-state index contributed by atoms with van der Waals surface area (Å²) < 4.78 is 26.9. The van der Waals surface area contributed by atoms with Gasteiger partial charge in [0.2, 0.25) is 0 Å². The zero-order valence-corrected chi connectivity index (χ0v) is 15.8. The lowest BCUT2D eigenvalue weighted by atomic mass is 10.0. The first-order valence-corrected chi connectivity index (χ1v) is 8.45. The largest absolute Gasteiger partial charge is 0.497 e. The quantitative estimate of drug-likeness (QED) is 0.698. The van der Waals surface area contributed by atoms with Crippen LogP contribution in [0.4, 0.5) is 0 Å². The molecule has 0 saturated carbocycles. The number of esters is 1. The number of hydrogen-bond acceptors (Lipinski definition) is 6. The Bertz CT molecular complexity index is 853. The molecule has 2 aromatic carbocycles. The fourth-order valence-electron chi connectivity index (χ4n) is 3.10. The molecule has 6 nitrogen and oxygen atoms in total. The van der Waals surface area contributed by atoms with Crippen LogP contribution in [0.25, 0.3) is 5.57 Å². The molecule has 3 rings (SSSR count). The minimum Gasteiger partial charge on any atom is -0.497 e. The molecular formula is C21H22O6. The number of benzene rings is 2. The van der Waals surface area contributed by atoms with E-state index in [-0.39, 0.29) is 0 Å². The van der Waals surface area contributed by atoms with Gasteiger partial charge in [-0.3, -0.25) is 0 Å². The molecule has 0 fully saturated rings. The molecule has 1 unspecified atom stereocenters. The summed E-state index contributed by atoms with van der Waals surface area (Å²) in [6.45, 7) is 0. The Morgan fingerprint density at radius 3 is 2.15 bits per heavy atom. The standard InChI is InChI=1S/C21H22O6/c1-23-15-8-5-13(6-9-15)11-18-20(26-4)19(21(22)27-18)14-7-10-16(24-2)17(12-14)25-3/h5-10,12,18H,11H2,1-4H3. The van der Waals surface area contributed by atoms with Gasteiger partial charge in [0.25, 0.3) is 0 Å². The summed E-state index contributed by atoms with van der Waals surface area (Å²) in [5.74, 6) is 1.97. The van der Waals surface area contributed by atoms with Crippen molar-refractivity contribution in [2.45, 2.75) is 12.5 Å². The van der Waals surface area contributed by atoms with Crippen molar-refractivity contribution >= 4 is 11.5 Å². The van der Waals surface area contributed by atoms with Crippen LogP contribution in [-0.2, 0) is 20.7 Å². The van der Waals surface area contributed by atoms with Gasteiger partial charge in [-0.25, -0.2) is 4.79 Å². The Morgan fingerprint density at radius 1 is 0.852 bits per heavy atom. The maximum absolute atomic E-state index is 12.5. The third-order valence-corrected chi connectivity index (χ3v) is 4.46. The van der Waals surface area contributed by atoms with Crippen molar-refractivity contribution in [3.63, 3.8) is 0 Å². The average molecular weight is 370 g/mol. The molecule has 0 spiro atoms. The lowest BCUT2D eigenvalue weighted by molar-refractivity contribution is -0.138. The van der Waals surface area contributed by atoms with Crippen molar-refractivity contribution in [1.29, 1.82) is 0 Å². The second-order valence-corrected chi connectivity index (χ2v) is 5.96. The van der Waals surface area contributed by atoms with Crippen LogP contribution in [0.1, 0.15) is 11.1 Å². The number of carbonyl (C=O) groups excluding carboxylic acids is 1. The van der Waals surface area contributed by atoms with Crippen LogP contribution in [-0.4, -0.2) is 40.5 Å². The Balaban J connectivity index is 1.93. The summed E-state index contributed by atoms with van der Waals surface area (Å²) in [7, 11) is 6.27. The van der Waals surface area contributed by atoms with E-state index >= 15 is 0 Å². The van der Waals surface area contributed by atoms with Crippen molar-refractivity contribution in [3.8, 4) is 17.2 Å². The second kappa shape index (κ2) is 8.03. The number of cyclic esters (lactones) is 1. The van der Waals surface area contributed by atoms with E-state index in [4.69, 9.17) is 23.7 Å². The van der Waals surface area contributed by atoms with Crippen molar-refractivity contribution in [2.24, 2.45) is 0 Å². The van der Waals surface area contributed by atoms with Gasteiger partial charge in [0.15, 0.2) is 23.4 Å². The van der Waals surface area contributed by atoms with E-state index < -0.39 is 12.1 Å². The van der Waals surface area contributed by atoms with E-state index in [1.54, 1.807) is 46.6 Å². The van der Waals surface area contributed by atoms with Gasteiger partial charge in [-0.2, -0.15) is 0 Å². The number of hydrogen-bond donors (Lipinski definition) is 0. The molecule has 0 aliphatic carbocycles. The van der Waals surface area contributed by atoms with E-state index in [1.165, 1.54) is 0 Å². The highest BCUT2D eigenvalue weighted by Crippen LogP contribution is 2.37. The zero-order valence-electron chi connectivity index (χ0n) is 15.8. The van der Waals surface area contributed by atoms with Crippen molar-refractivity contribution < 1.29 is 28.5 Å². The molecule has 1 heterocycles. The van der Waals surface area contributed by atoms with E-state index in [2.05, 4.69) is 0 Å². The summed E-state index contributed by atoms with van der Waals surface area (Å²) in [5.41, 5.74) is 2.07. The summed E-state index contributed by atoms with van der Waals surface area (Å²) in [4.78, 5) is 12.5. The van der Waals surface area contributed by atoms with E-state index in [0.29, 0.717) is 34.8 Å². The highest BCUT2D eigenvalue weighted by molar-refractivity contribution is 6.19. The van der Waals surface area contributed by atoms with Gasteiger partial charge in [0.1, 0.15) is 11.3 Å². The molecule has 1 aliphatic heterocycles. The smallest absolute Gasteiger partial charge is 0.343 e. The fourth-order valence-corrected chi connectivity index (χ4v) is 3.10. The predicted molar refractivity (Wildman–Crippen MR) is 100 cm³/mol. The van der Waals surface area contributed by atoms with Crippen molar-refractivity contribution in [3.05, 3.63) is 59.4 Å². The SMILES string of the molecule is COC1=C(c2ccc(OC)c(OC)c2)C(=O)OC1Cc1ccc(OC)cc1. The molecule has 1 atom stereocenters. The predicted octanol–water partition coefficient (Wildman–Crippen LogP) is 3.24. The number of rotatable bonds is 7. The highest BCUT2D eigenvalue weighted by Gasteiger charge is 2.36. The first-order valence-electron chi connectivity index (χ1n) is 8.45. The number of ether oxygens (including phenoxy) is 5. The highest BCUT2D eigenvalue weighted by atomic mass is 16.6. The molecule has 0 bridgehead atoms. The van der Waals surface area contributed by atoms with Crippen molar-refractivity contribution in [1.82, 2.24) is 0 Å². The molecular weight excluding hydrogens is 348 g/mol. The minimum absolute atomic E-state index is 0.400. The maximum Gasteiger partial charge on any atom is 0.343 e. The molecule has 0 radical (unpaired) electrons. The maximum atomic E-state index is 12.5. The molecule has 0 saturated heterocycles. The monoisotopic (exact) mass is 370 g/mol. The number of carbonyl (C=O) groups is 1. The third-order valence-electron chi connectivity index (χ3n) is 4.46. The van der Waals surface area contributed by atoms with Crippen molar-refractivity contribution in [2.75, 3.05) is 28.4 Å². The average Bonchev–Trinajstić information content (AvgIpc) is 3.02. The van der Waals surface area contributed by atoms with Gasteiger partial charge in [-0.05, 0) is 35.4 Å². The van der Waals surface area contributed by atoms with Crippen LogP contribution in [0.2, 0.25) is 0 Å². The number of methoxy groups -OCH3 is 4. The summed E-state index contributed by atoms with van der Waals surface area (Å²) >= 11 is 0. The first-order chi connectivity index (χ1) is 13.1. The molecule has 0 N–H and O–H groups in total. The Morgan fingerprint density at radius 2 is 1.56 bits per heavy atom. The summed E-state index contributed by atoms with van der Waals surface area (Å²) in [6.07, 6.45) is 0.0226. The minimum atomic E-state index is -0.487. The molecule has 6 heteroatoms. The lowest BCUT2D eigenvalue weighted by Crippen LogP contribution is -2.16.